The van der Waals surface area contributed by atoms with Gasteiger partial charge in [-0.25, -0.2) is 0 Å². The molecule has 0 saturated carbocycles. The molecular formula is C11H11N3O4. The Morgan fingerprint density at radius 1 is 1.39 bits per heavy atom. The third-order valence-corrected chi connectivity index (χ3v) is 2.29. The summed E-state index contributed by atoms with van der Waals surface area (Å²) in [5, 5.41) is 24.8. The van der Waals surface area contributed by atoms with Gasteiger partial charge in [0.15, 0.2) is 17.8 Å². The Labute approximate surface area is 102 Å². The molecule has 0 fully saturated rings. The van der Waals surface area contributed by atoms with Crippen molar-refractivity contribution in [2.75, 3.05) is 6.54 Å². The molecule has 1 amide bonds. The van der Waals surface area contributed by atoms with Gasteiger partial charge in [-0.3, -0.25) is 4.79 Å². The number of amides is 1. The minimum Gasteiger partial charge on any atom is -0.504 e. The third-order valence-electron chi connectivity index (χ3n) is 2.29. The van der Waals surface area contributed by atoms with Crippen molar-refractivity contribution in [1.29, 1.82) is 0 Å². The molecule has 0 aliphatic heterocycles. The van der Waals surface area contributed by atoms with E-state index in [0.29, 0.717) is 12.3 Å². The van der Waals surface area contributed by atoms with Gasteiger partial charge in [0.2, 0.25) is 5.89 Å². The van der Waals surface area contributed by atoms with Crippen molar-refractivity contribution in [2.24, 2.45) is 0 Å². The van der Waals surface area contributed by atoms with Crippen molar-refractivity contribution in [2.45, 2.75) is 6.42 Å². The SMILES string of the molecule is O=C(NCCc1ncno1)c1cccc(O)c1O. The lowest BCUT2D eigenvalue weighted by molar-refractivity contribution is 0.0950. The number of hydrogen-bond donors (Lipinski definition) is 3. The number of para-hydroxylation sites is 1. The Morgan fingerprint density at radius 2 is 2.22 bits per heavy atom. The fraction of sp³-hybridized carbons (Fsp3) is 0.182. The monoisotopic (exact) mass is 249 g/mol. The summed E-state index contributed by atoms with van der Waals surface area (Å²) in [6.45, 7) is 0.288. The van der Waals surface area contributed by atoms with Gasteiger partial charge in [-0.15, -0.1) is 0 Å². The van der Waals surface area contributed by atoms with Gasteiger partial charge in [-0.05, 0) is 12.1 Å². The second-order valence-electron chi connectivity index (χ2n) is 3.51. The van der Waals surface area contributed by atoms with Crippen LogP contribution in [0, 0.1) is 0 Å². The number of nitrogens with one attached hydrogen (secondary N) is 1. The van der Waals surface area contributed by atoms with Crippen LogP contribution >= 0.6 is 0 Å². The van der Waals surface area contributed by atoms with Gasteiger partial charge < -0.3 is 20.1 Å². The molecule has 2 rings (SSSR count). The summed E-state index contributed by atoms with van der Waals surface area (Å²) >= 11 is 0. The average Bonchev–Trinajstić information content (AvgIpc) is 2.85. The summed E-state index contributed by atoms with van der Waals surface area (Å²) in [5.41, 5.74) is 0.0144. The Hall–Kier alpha value is -2.57. The maximum Gasteiger partial charge on any atom is 0.255 e. The molecule has 0 unspecified atom stereocenters. The summed E-state index contributed by atoms with van der Waals surface area (Å²) in [6.07, 6.45) is 1.67. The molecule has 0 aliphatic carbocycles. The van der Waals surface area contributed by atoms with Crippen LogP contribution in [0.1, 0.15) is 16.2 Å². The zero-order valence-corrected chi connectivity index (χ0v) is 9.33. The van der Waals surface area contributed by atoms with E-state index in [1.165, 1.54) is 24.5 Å². The number of aromatic hydroxyl groups is 2. The number of nitrogens with zero attached hydrogens (tertiary/aromatic N) is 2. The number of carbonyl (C=O) groups excluding carboxylic acids is 1. The van der Waals surface area contributed by atoms with E-state index in [2.05, 4.69) is 15.5 Å². The highest BCUT2D eigenvalue weighted by Crippen LogP contribution is 2.27. The molecule has 1 heterocycles. The number of rotatable bonds is 4. The van der Waals surface area contributed by atoms with Crippen LogP contribution in [0.4, 0.5) is 0 Å². The fourth-order valence-corrected chi connectivity index (χ4v) is 1.40. The minimum atomic E-state index is -0.483. The lowest BCUT2D eigenvalue weighted by atomic mass is 10.1. The number of phenolic OH excluding ortho intramolecular Hbond substituents is 2. The molecular weight excluding hydrogens is 238 g/mol. The summed E-state index contributed by atoms with van der Waals surface area (Å²) in [4.78, 5) is 15.5. The topological polar surface area (TPSA) is 108 Å². The molecule has 7 nitrogen and oxygen atoms in total. The number of aromatic nitrogens is 2. The molecule has 0 radical (unpaired) electrons. The third kappa shape index (κ3) is 2.57. The number of hydrogen-bond acceptors (Lipinski definition) is 6. The van der Waals surface area contributed by atoms with E-state index < -0.39 is 11.7 Å². The van der Waals surface area contributed by atoms with E-state index in [9.17, 15) is 15.0 Å². The second-order valence-corrected chi connectivity index (χ2v) is 3.51. The Morgan fingerprint density at radius 3 is 2.94 bits per heavy atom. The van der Waals surface area contributed by atoms with Crippen LogP contribution in [0.3, 0.4) is 0 Å². The molecule has 0 atom stereocenters. The summed E-state index contributed by atoms with van der Waals surface area (Å²) in [5.74, 6) is -0.842. The zero-order chi connectivity index (χ0) is 13.0. The predicted octanol–water partition coefficient (Wildman–Crippen LogP) is 0.453. The van der Waals surface area contributed by atoms with Gasteiger partial charge in [-0.2, -0.15) is 4.98 Å². The van der Waals surface area contributed by atoms with E-state index in [1.54, 1.807) is 0 Å². The number of phenols is 2. The Bertz CT molecular complexity index is 539. The first kappa shape index (κ1) is 11.9. The summed E-state index contributed by atoms with van der Waals surface area (Å²) < 4.78 is 4.76. The molecule has 0 aliphatic rings. The van der Waals surface area contributed by atoms with E-state index in [4.69, 9.17) is 4.52 Å². The van der Waals surface area contributed by atoms with E-state index in [1.807, 2.05) is 0 Å². The van der Waals surface area contributed by atoms with Crippen molar-refractivity contribution in [3.05, 3.63) is 36.0 Å². The standard InChI is InChI=1S/C11H11N3O4/c15-8-3-1-2-7(10(8)16)11(17)12-5-4-9-13-6-14-18-9/h1-3,6,15-16H,4-5H2,(H,12,17). The van der Waals surface area contributed by atoms with Crippen LogP contribution in [0.15, 0.2) is 29.0 Å². The first-order valence-electron chi connectivity index (χ1n) is 5.23. The van der Waals surface area contributed by atoms with Crippen LogP contribution in [0.25, 0.3) is 0 Å². The molecule has 7 heteroatoms. The smallest absolute Gasteiger partial charge is 0.255 e. The first-order valence-corrected chi connectivity index (χ1v) is 5.23. The molecule has 0 bridgehead atoms. The van der Waals surface area contributed by atoms with E-state index in [0.717, 1.165) is 0 Å². The fourth-order valence-electron chi connectivity index (χ4n) is 1.40. The largest absolute Gasteiger partial charge is 0.504 e. The van der Waals surface area contributed by atoms with Gasteiger partial charge in [-0.1, -0.05) is 11.2 Å². The van der Waals surface area contributed by atoms with Crippen molar-refractivity contribution >= 4 is 5.91 Å². The molecule has 0 spiro atoms. The van der Waals surface area contributed by atoms with Gasteiger partial charge >= 0.3 is 0 Å². The van der Waals surface area contributed by atoms with Crippen LogP contribution in [0.5, 0.6) is 11.5 Å². The molecule has 1 aromatic heterocycles. The first-order chi connectivity index (χ1) is 8.68. The van der Waals surface area contributed by atoms with Crippen molar-refractivity contribution in [1.82, 2.24) is 15.5 Å². The lowest BCUT2D eigenvalue weighted by Gasteiger charge is -2.06. The molecule has 1 aromatic carbocycles. The lowest BCUT2D eigenvalue weighted by Crippen LogP contribution is -2.25. The maximum absolute atomic E-state index is 11.7. The highest BCUT2D eigenvalue weighted by molar-refractivity contribution is 5.97. The van der Waals surface area contributed by atoms with E-state index >= 15 is 0 Å². The number of carbonyl (C=O) groups is 1. The van der Waals surface area contributed by atoms with Gasteiger partial charge in [0.05, 0.1) is 5.56 Å². The Balaban J connectivity index is 1.93. The summed E-state index contributed by atoms with van der Waals surface area (Å²) in [6, 6.07) is 4.18. The molecule has 18 heavy (non-hydrogen) atoms. The van der Waals surface area contributed by atoms with E-state index in [-0.39, 0.29) is 17.9 Å². The highest BCUT2D eigenvalue weighted by atomic mass is 16.5. The van der Waals surface area contributed by atoms with Crippen LogP contribution in [-0.2, 0) is 6.42 Å². The normalized spacial score (nSPS) is 10.2. The second kappa shape index (κ2) is 5.17. The highest BCUT2D eigenvalue weighted by Gasteiger charge is 2.13. The van der Waals surface area contributed by atoms with Crippen LogP contribution in [0.2, 0.25) is 0 Å². The average molecular weight is 249 g/mol. The van der Waals surface area contributed by atoms with Gasteiger partial charge in [0, 0.05) is 13.0 Å². The molecule has 0 saturated heterocycles. The Kier molecular flexibility index (Phi) is 3.42. The molecule has 3 N–H and O–H groups in total. The van der Waals surface area contributed by atoms with Crippen molar-refractivity contribution in [3.63, 3.8) is 0 Å². The minimum absolute atomic E-state index is 0.0144. The molecule has 94 valence electrons. The van der Waals surface area contributed by atoms with Gasteiger partial charge in [0.25, 0.3) is 5.91 Å². The number of benzene rings is 1. The zero-order valence-electron chi connectivity index (χ0n) is 9.33. The van der Waals surface area contributed by atoms with Crippen LogP contribution in [-0.4, -0.2) is 32.8 Å². The van der Waals surface area contributed by atoms with Crippen molar-refractivity contribution in [3.8, 4) is 11.5 Å². The predicted molar refractivity (Wildman–Crippen MR) is 60.1 cm³/mol. The van der Waals surface area contributed by atoms with Crippen molar-refractivity contribution < 1.29 is 19.5 Å². The van der Waals surface area contributed by atoms with Crippen LogP contribution < -0.4 is 5.32 Å². The molecule has 2 aromatic rings. The quantitative estimate of drug-likeness (QED) is 0.679. The maximum atomic E-state index is 11.7. The van der Waals surface area contributed by atoms with Gasteiger partial charge in [0.1, 0.15) is 0 Å². The summed E-state index contributed by atoms with van der Waals surface area (Å²) in [7, 11) is 0.